The Morgan fingerprint density at radius 1 is 1.38 bits per heavy atom. The molecule has 2 heterocycles. The van der Waals surface area contributed by atoms with E-state index < -0.39 is 0 Å². The molecule has 0 aromatic carbocycles. The van der Waals surface area contributed by atoms with E-state index in [4.69, 9.17) is 4.74 Å². The maximum Gasteiger partial charge on any atom is 0.0722 e. The molecule has 1 atom stereocenters. The Bertz CT molecular complexity index is 326. The van der Waals surface area contributed by atoms with Gasteiger partial charge in [-0.1, -0.05) is 0 Å². The van der Waals surface area contributed by atoms with Gasteiger partial charge in [-0.3, -0.25) is 4.98 Å². The largest absolute Gasteiger partial charge is 0.372 e. The molecule has 16 heavy (non-hydrogen) atoms. The monoisotopic (exact) mass is 220 g/mol. The Morgan fingerprint density at radius 2 is 2.12 bits per heavy atom. The summed E-state index contributed by atoms with van der Waals surface area (Å²) in [7, 11) is 0. The topological polar surface area (TPSA) is 34.1 Å². The molecule has 1 aromatic rings. The Kier molecular flexibility index (Phi) is 3.91. The number of hydrogen-bond donors (Lipinski definition) is 1. The molecule has 0 spiro atoms. The van der Waals surface area contributed by atoms with E-state index in [9.17, 15) is 0 Å². The van der Waals surface area contributed by atoms with Crippen molar-refractivity contribution >= 4 is 0 Å². The summed E-state index contributed by atoms with van der Waals surface area (Å²) < 4.78 is 5.89. The van der Waals surface area contributed by atoms with Gasteiger partial charge in [0.15, 0.2) is 0 Å². The third-order valence-electron chi connectivity index (χ3n) is 2.88. The quantitative estimate of drug-likeness (QED) is 0.845. The molecule has 0 saturated carbocycles. The fraction of sp³-hybridized carbons (Fsp3) is 0.615. The van der Waals surface area contributed by atoms with E-state index in [1.54, 1.807) is 0 Å². The number of nitrogens with one attached hydrogen (secondary N) is 1. The molecule has 1 N–H and O–H groups in total. The van der Waals surface area contributed by atoms with E-state index in [0.29, 0.717) is 12.7 Å². The number of pyridine rings is 1. The number of ether oxygens (including phenoxy) is 1. The van der Waals surface area contributed by atoms with Gasteiger partial charge in [0.05, 0.1) is 12.7 Å². The van der Waals surface area contributed by atoms with Crippen LogP contribution in [0.25, 0.3) is 0 Å². The number of hydrogen-bond acceptors (Lipinski definition) is 3. The first kappa shape index (κ1) is 11.6. The summed E-state index contributed by atoms with van der Waals surface area (Å²) in [5, 5.41) is 3.36. The van der Waals surface area contributed by atoms with Crippen LogP contribution in [0.2, 0.25) is 0 Å². The van der Waals surface area contributed by atoms with E-state index in [2.05, 4.69) is 22.4 Å². The molecule has 0 bridgehead atoms. The van der Waals surface area contributed by atoms with Gasteiger partial charge in [0.1, 0.15) is 0 Å². The second-order valence-corrected chi connectivity index (χ2v) is 4.54. The molecular formula is C13H20N2O. The van der Waals surface area contributed by atoms with Crippen LogP contribution >= 0.6 is 0 Å². The average Bonchev–Trinajstić information content (AvgIpc) is 2.27. The zero-order chi connectivity index (χ0) is 11.4. The van der Waals surface area contributed by atoms with Crippen molar-refractivity contribution in [3.63, 3.8) is 0 Å². The molecule has 0 amide bonds. The van der Waals surface area contributed by atoms with Gasteiger partial charge in [-0.2, -0.15) is 0 Å². The fourth-order valence-corrected chi connectivity index (χ4v) is 2.18. The van der Waals surface area contributed by atoms with Gasteiger partial charge in [-0.15, -0.1) is 0 Å². The molecule has 1 aliphatic heterocycles. The molecule has 88 valence electrons. The van der Waals surface area contributed by atoms with Crippen molar-refractivity contribution in [2.24, 2.45) is 0 Å². The van der Waals surface area contributed by atoms with Crippen molar-refractivity contribution in [3.05, 3.63) is 29.1 Å². The molecule has 1 fully saturated rings. The summed E-state index contributed by atoms with van der Waals surface area (Å²) in [5.74, 6) is 0. The zero-order valence-corrected chi connectivity index (χ0v) is 10.1. The molecule has 3 heteroatoms. The lowest BCUT2D eigenvalue weighted by Gasteiger charge is -2.23. The van der Waals surface area contributed by atoms with Gasteiger partial charge >= 0.3 is 0 Å². The summed E-state index contributed by atoms with van der Waals surface area (Å²) in [6, 6.07) is 4.20. The van der Waals surface area contributed by atoms with Crippen LogP contribution in [-0.2, 0) is 11.3 Å². The highest BCUT2D eigenvalue weighted by Gasteiger charge is 2.13. The van der Waals surface area contributed by atoms with Crippen molar-refractivity contribution < 1.29 is 4.74 Å². The minimum atomic E-state index is 0.377. The molecule has 1 aliphatic rings. The Hall–Kier alpha value is -0.930. The van der Waals surface area contributed by atoms with Crippen molar-refractivity contribution in [1.29, 1.82) is 0 Å². The molecule has 0 unspecified atom stereocenters. The van der Waals surface area contributed by atoms with Crippen LogP contribution in [0, 0.1) is 13.8 Å². The van der Waals surface area contributed by atoms with E-state index in [1.807, 2.05) is 13.8 Å². The second kappa shape index (κ2) is 5.41. The molecule has 3 nitrogen and oxygen atoms in total. The molecule has 2 rings (SSSR count). The van der Waals surface area contributed by atoms with Crippen molar-refractivity contribution in [1.82, 2.24) is 10.3 Å². The van der Waals surface area contributed by atoms with E-state index in [-0.39, 0.29) is 0 Å². The standard InChI is InChI=1S/C13H20N2O/c1-10-6-12(7-11(2)15-10)9-16-13-4-3-5-14-8-13/h6-7,13-14H,3-5,8-9H2,1-2H3/t13-/m1/s1. The van der Waals surface area contributed by atoms with Crippen LogP contribution in [0.3, 0.4) is 0 Å². The number of nitrogens with zero attached hydrogens (tertiary/aromatic N) is 1. The van der Waals surface area contributed by atoms with Crippen LogP contribution in [0.4, 0.5) is 0 Å². The fourth-order valence-electron chi connectivity index (χ4n) is 2.18. The van der Waals surface area contributed by atoms with E-state index in [0.717, 1.165) is 24.5 Å². The lowest BCUT2D eigenvalue weighted by Crippen LogP contribution is -2.35. The minimum absolute atomic E-state index is 0.377. The maximum atomic E-state index is 5.89. The van der Waals surface area contributed by atoms with Crippen LogP contribution < -0.4 is 5.32 Å². The van der Waals surface area contributed by atoms with Crippen LogP contribution in [-0.4, -0.2) is 24.2 Å². The smallest absolute Gasteiger partial charge is 0.0722 e. The van der Waals surface area contributed by atoms with Gasteiger partial charge in [0, 0.05) is 17.9 Å². The summed E-state index contributed by atoms with van der Waals surface area (Å²) in [6.45, 7) is 6.88. The Labute approximate surface area is 97.2 Å². The summed E-state index contributed by atoms with van der Waals surface area (Å²) in [5.41, 5.74) is 3.37. The molecular weight excluding hydrogens is 200 g/mol. The van der Waals surface area contributed by atoms with Crippen molar-refractivity contribution in [3.8, 4) is 0 Å². The van der Waals surface area contributed by atoms with Gasteiger partial charge < -0.3 is 10.1 Å². The average molecular weight is 220 g/mol. The molecule has 1 aromatic heterocycles. The number of piperidine rings is 1. The summed E-state index contributed by atoms with van der Waals surface area (Å²) in [4.78, 5) is 4.36. The van der Waals surface area contributed by atoms with Gasteiger partial charge in [0.2, 0.25) is 0 Å². The summed E-state index contributed by atoms with van der Waals surface area (Å²) in [6.07, 6.45) is 2.78. The van der Waals surface area contributed by atoms with Gasteiger partial charge in [-0.25, -0.2) is 0 Å². The normalized spacial score (nSPS) is 21.0. The SMILES string of the molecule is Cc1cc(CO[C@@H]2CCCNC2)cc(C)n1. The molecule has 0 aliphatic carbocycles. The Morgan fingerprint density at radius 3 is 2.75 bits per heavy atom. The van der Waals surface area contributed by atoms with Crippen molar-refractivity contribution in [2.75, 3.05) is 13.1 Å². The first-order valence-electron chi connectivity index (χ1n) is 6.00. The third kappa shape index (κ3) is 3.29. The molecule has 0 radical (unpaired) electrons. The maximum absolute atomic E-state index is 5.89. The second-order valence-electron chi connectivity index (χ2n) is 4.54. The van der Waals surface area contributed by atoms with Crippen LogP contribution in [0.15, 0.2) is 12.1 Å². The highest BCUT2D eigenvalue weighted by molar-refractivity contribution is 5.19. The summed E-state index contributed by atoms with van der Waals surface area (Å²) >= 11 is 0. The number of rotatable bonds is 3. The predicted molar refractivity (Wildman–Crippen MR) is 64.4 cm³/mol. The highest BCUT2D eigenvalue weighted by Crippen LogP contribution is 2.11. The first-order chi connectivity index (χ1) is 7.74. The first-order valence-corrected chi connectivity index (χ1v) is 6.00. The van der Waals surface area contributed by atoms with Crippen molar-refractivity contribution in [2.45, 2.75) is 39.4 Å². The lowest BCUT2D eigenvalue weighted by atomic mass is 10.1. The number of aryl methyl sites for hydroxylation is 2. The molecule has 1 saturated heterocycles. The lowest BCUT2D eigenvalue weighted by molar-refractivity contribution is 0.0252. The van der Waals surface area contributed by atoms with E-state index >= 15 is 0 Å². The van der Waals surface area contributed by atoms with Gasteiger partial charge in [0.25, 0.3) is 0 Å². The zero-order valence-electron chi connectivity index (χ0n) is 10.1. The highest BCUT2D eigenvalue weighted by atomic mass is 16.5. The number of aromatic nitrogens is 1. The van der Waals surface area contributed by atoms with Gasteiger partial charge in [-0.05, 0) is 50.9 Å². The predicted octanol–water partition coefficient (Wildman–Crippen LogP) is 1.97. The Balaban J connectivity index is 1.88. The van der Waals surface area contributed by atoms with Crippen LogP contribution in [0.5, 0.6) is 0 Å². The van der Waals surface area contributed by atoms with Crippen LogP contribution in [0.1, 0.15) is 29.8 Å². The van der Waals surface area contributed by atoms with E-state index in [1.165, 1.54) is 18.4 Å². The minimum Gasteiger partial charge on any atom is -0.372 e. The third-order valence-corrected chi connectivity index (χ3v) is 2.88.